The number of nitrogens with zero attached hydrogens (tertiary/aromatic N) is 1. The van der Waals surface area contributed by atoms with E-state index in [1.165, 1.54) is 25.3 Å². The highest BCUT2D eigenvalue weighted by Crippen LogP contribution is 2.41. The number of amides is 2. The molecule has 0 spiro atoms. The highest BCUT2D eigenvalue weighted by atomic mass is 32.2. The fourth-order valence-electron chi connectivity index (χ4n) is 5.12. The van der Waals surface area contributed by atoms with E-state index < -0.39 is 27.6 Å². The van der Waals surface area contributed by atoms with Gasteiger partial charge in [0, 0.05) is 25.8 Å². The smallest absolute Gasteiger partial charge is 0.254 e. The molecule has 0 radical (unpaired) electrons. The van der Waals surface area contributed by atoms with Crippen molar-refractivity contribution in [3.8, 4) is 23.0 Å². The summed E-state index contributed by atoms with van der Waals surface area (Å²) in [6, 6.07) is 14.5. The standard InChI is InChI=1S/C30H31FN2O7S/c1-38-26-9-4-20-17-27(26)39-14-3-12-32-30(35)24-18-22(6-8-25(24)31)40-21-5-7-23-19(16-21)10-13-33(29(20)23)28(34)11-15-41(2,36)37/h4-9,16-18,29H,3,10-15H2,1-2H3,(H,32,35). The van der Waals surface area contributed by atoms with Crippen molar-refractivity contribution in [2.45, 2.75) is 25.3 Å². The zero-order chi connectivity index (χ0) is 29.1. The average Bonchev–Trinajstić information content (AvgIpc) is 2.95. The van der Waals surface area contributed by atoms with Crippen molar-refractivity contribution < 1.29 is 36.6 Å². The molecular formula is C30H31FN2O7S. The Kier molecular flexibility index (Phi) is 8.16. The quantitative estimate of drug-likeness (QED) is 0.494. The molecule has 0 aromatic heterocycles. The van der Waals surface area contributed by atoms with Crippen LogP contribution in [0, 0.1) is 5.82 Å². The Balaban J connectivity index is 1.59. The largest absolute Gasteiger partial charge is 0.493 e. The van der Waals surface area contributed by atoms with Gasteiger partial charge in [-0.25, -0.2) is 12.8 Å². The molecule has 3 aliphatic rings. The first-order valence-electron chi connectivity index (χ1n) is 13.3. The summed E-state index contributed by atoms with van der Waals surface area (Å²) in [5.41, 5.74) is 2.47. The molecule has 1 N–H and O–H groups in total. The van der Waals surface area contributed by atoms with E-state index in [1.54, 1.807) is 17.0 Å². The van der Waals surface area contributed by atoms with Crippen LogP contribution in [0.1, 0.15) is 45.9 Å². The molecule has 11 heteroatoms. The number of benzene rings is 3. The van der Waals surface area contributed by atoms with E-state index >= 15 is 0 Å². The molecule has 8 bridgehead atoms. The Bertz CT molecular complexity index is 1590. The van der Waals surface area contributed by atoms with Crippen molar-refractivity contribution in [3.05, 3.63) is 82.7 Å². The molecule has 216 valence electrons. The lowest BCUT2D eigenvalue weighted by Crippen LogP contribution is -2.41. The van der Waals surface area contributed by atoms with Crippen LogP contribution in [0.25, 0.3) is 0 Å². The number of hydrogen-bond acceptors (Lipinski definition) is 7. The van der Waals surface area contributed by atoms with Gasteiger partial charge in [0.05, 0.1) is 31.1 Å². The first-order valence-corrected chi connectivity index (χ1v) is 15.4. The van der Waals surface area contributed by atoms with E-state index in [0.29, 0.717) is 42.4 Å². The van der Waals surface area contributed by atoms with Crippen LogP contribution in [0.4, 0.5) is 4.39 Å². The topological polar surface area (TPSA) is 111 Å². The van der Waals surface area contributed by atoms with Gasteiger partial charge in [-0.1, -0.05) is 12.1 Å². The third-order valence-electron chi connectivity index (χ3n) is 7.14. The summed E-state index contributed by atoms with van der Waals surface area (Å²) in [6.45, 7) is 0.862. The fourth-order valence-corrected chi connectivity index (χ4v) is 5.66. The third kappa shape index (κ3) is 6.45. The van der Waals surface area contributed by atoms with Crippen LogP contribution >= 0.6 is 0 Å². The second kappa shape index (κ2) is 11.8. The molecule has 9 nitrogen and oxygen atoms in total. The second-order valence-electron chi connectivity index (χ2n) is 10.1. The van der Waals surface area contributed by atoms with Crippen molar-refractivity contribution in [2.75, 3.05) is 38.8 Å². The SMILES string of the molecule is COc1ccc2cc1OCCCNC(=O)c1cc(ccc1F)Oc1ccc3c(c1)CCN(C(=O)CCS(C)(=O)=O)C23. The molecule has 0 aliphatic carbocycles. The van der Waals surface area contributed by atoms with Gasteiger partial charge < -0.3 is 24.4 Å². The van der Waals surface area contributed by atoms with Gasteiger partial charge in [0.1, 0.15) is 27.2 Å². The number of ether oxygens (including phenoxy) is 3. The van der Waals surface area contributed by atoms with E-state index in [1.807, 2.05) is 24.3 Å². The van der Waals surface area contributed by atoms with Crippen LogP contribution in [0.3, 0.4) is 0 Å². The van der Waals surface area contributed by atoms with Gasteiger partial charge in [-0.2, -0.15) is 0 Å². The number of hydrogen-bond donors (Lipinski definition) is 1. The van der Waals surface area contributed by atoms with E-state index in [9.17, 15) is 22.4 Å². The summed E-state index contributed by atoms with van der Waals surface area (Å²) >= 11 is 0. The molecular weight excluding hydrogens is 551 g/mol. The second-order valence-corrected chi connectivity index (χ2v) is 12.4. The van der Waals surface area contributed by atoms with Crippen molar-refractivity contribution >= 4 is 21.7 Å². The summed E-state index contributed by atoms with van der Waals surface area (Å²) in [5, 5.41) is 2.71. The predicted octanol–water partition coefficient (Wildman–Crippen LogP) is 4.05. The van der Waals surface area contributed by atoms with Gasteiger partial charge >= 0.3 is 0 Å². The summed E-state index contributed by atoms with van der Waals surface area (Å²) in [6.07, 6.45) is 1.96. The molecule has 0 saturated carbocycles. The fraction of sp³-hybridized carbons (Fsp3) is 0.333. The lowest BCUT2D eigenvalue weighted by Gasteiger charge is -2.38. The van der Waals surface area contributed by atoms with E-state index in [4.69, 9.17) is 14.2 Å². The van der Waals surface area contributed by atoms with E-state index in [0.717, 1.165) is 22.9 Å². The summed E-state index contributed by atoms with van der Waals surface area (Å²) in [7, 11) is -1.79. The van der Waals surface area contributed by atoms with Gasteiger partial charge in [0.15, 0.2) is 11.5 Å². The van der Waals surface area contributed by atoms with E-state index in [2.05, 4.69) is 5.32 Å². The molecule has 3 aromatic rings. The summed E-state index contributed by atoms with van der Waals surface area (Å²) in [4.78, 5) is 27.7. The molecule has 2 amide bonds. The summed E-state index contributed by atoms with van der Waals surface area (Å²) < 4.78 is 55.6. The highest BCUT2D eigenvalue weighted by Gasteiger charge is 2.33. The molecule has 1 unspecified atom stereocenters. The molecule has 6 rings (SSSR count). The first kappa shape index (κ1) is 28.4. The minimum atomic E-state index is -3.32. The average molecular weight is 583 g/mol. The normalized spacial score (nSPS) is 17.0. The number of halogens is 1. The molecule has 0 saturated heterocycles. The van der Waals surface area contributed by atoms with Gasteiger partial charge in [-0.3, -0.25) is 9.59 Å². The number of methoxy groups -OCH3 is 1. The molecule has 1 atom stereocenters. The Morgan fingerprint density at radius 2 is 1.90 bits per heavy atom. The number of carbonyl (C=O) groups is 2. The lowest BCUT2D eigenvalue weighted by atomic mass is 9.87. The number of fused-ring (bicyclic) bond motifs is 6. The molecule has 41 heavy (non-hydrogen) atoms. The predicted molar refractivity (Wildman–Crippen MR) is 150 cm³/mol. The van der Waals surface area contributed by atoms with Crippen LogP contribution in [0.5, 0.6) is 23.0 Å². The van der Waals surface area contributed by atoms with Crippen molar-refractivity contribution in [1.29, 1.82) is 0 Å². The third-order valence-corrected chi connectivity index (χ3v) is 8.08. The zero-order valence-corrected chi connectivity index (χ0v) is 23.6. The molecule has 3 aromatic carbocycles. The maximum absolute atomic E-state index is 14.5. The van der Waals surface area contributed by atoms with Gasteiger partial charge in [0.25, 0.3) is 5.91 Å². The van der Waals surface area contributed by atoms with Crippen LogP contribution in [-0.4, -0.2) is 63.9 Å². The number of nitrogens with one attached hydrogen (secondary N) is 1. The minimum absolute atomic E-state index is 0.121. The Labute approximate surface area is 238 Å². The monoisotopic (exact) mass is 582 g/mol. The number of carbonyl (C=O) groups excluding carboxylic acids is 2. The number of rotatable bonds is 4. The van der Waals surface area contributed by atoms with Crippen molar-refractivity contribution in [2.24, 2.45) is 0 Å². The Morgan fingerprint density at radius 1 is 1.12 bits per heavy atom. The summed E-state index contributed by atoms with van der Waals surface area (Å²) in [5.74, 6) is 0.0671. The zero-order valence-electron chi connectivity index (χ0n) is 22.8. The Morgan fingerprint density at radius 3 is 2.68 bits per heavy atom. The Hall–Kier alpha value is -4.12. The van der Waals surface area contributed by atoms with Gasteiger partial charge in [-0.05, 0) is 72.0 Å². The van der Waals surface area contributed by atoms with Crippen molar-refractivity contribution in [1.82, 2.24) is 10.2 Å². The molecule has 3 aliphatic heterocycles. The highest BCUT2D eigenvalue weighted by molar-refractivity contribution is 7.90. The molecule has 3 heterocycles. The maximum atomic E-state index is 14.5. The van der Waals surface area contributed by atoms with Gasteiger partial charge in [0.2, 0.25) is 5.91 Å². The minimum Gasteiger partial charge on any atom is -0.493 e. The van der Waals surface area contributed by atoms with E-state index in [-0.39, 0.29) is 36.8 Å². The van der Waals surface area contributed by atoms with Gasteiger partial charge in [-0.15, -0.1) is 0 Å². The molecule has 0 fully saturated rings. The van der Waals surface area contributed by atoms with Crippen molar-refractivity contribution in [3.63, 3.8) is 0 Å². The van der Waals surface area contributed by atoms with Crippen LogP contribution in [-0.2, 0) is 21.1 Å². The first-order chi connectivity index (χ1) is 19.6. The van der Waals surface area contributed by atoms with Crippen LogP contribution in [0.15, 0.2) is 54.6 Å². The maximum Gasteiger partial charge on any atom is 0.254 e. The lowest BCUT2D eigenvalue weighted by molar-refractivity contribution is -0.132. The number of sulfone groups is 1. The van der Waals surface area contributed by atoms with Crippen LogP contribution in [0.2, 0.25) is 0 Å². The van der Waals surface area contributed by atoms with Crippen LogP contribution < -0.4 is 19.5 Å².